The lowest BCUT2D eigenvalue weighted by Gasteiger charge is -2.32. The highest BCUT2D eigenvalue weighted by Crippen LogP contribution is 2.30. The molecule has 0 heterocycles. The fraction of sp³-hybridized carbons (Fsp3) is 0.500. The van der Waals surface area contributed by atoms with Crippen molar-refractivity contribution >= 4 is 50.7 Å². The van der Waals surface area contributed by atoms with Crippen LogP contribution in [0.2, 0.25) is 10.0 Å². The minimum atomic E-state index is -3.65. The molecule has 39 heavy (non-hydrogen) atoms. The van der Waals surface area contributed by atoms with Gasteiger partial charge < -0.3 is 15.0 Å². The zero-order valence-electron chi connectivity index (χ0n) is 22.7. The summed E-state index contributed by atoms with van der Waals surface area (Å²) in [6, 6.07) is 11.4. The monoisotopic (exact) mass is 597 g/mol. The first-order chi connectivity index (χ1) is 18.5. The fourth-order valence-electron chi connectivity index (χ4n) is 4.91. The van der Waals surface area contributed by atoms with Gasteiger partial charge >= 0.3 is 0 Å². The van der Waals surface area contributed by atoms with Gasteiger partial charge in [0.2, 0.25) is 21.8 Å². The number of amides is 2. The van der Waals surface area contributed by atoms with Crippen LogP contribution in [-0.4, -0.2) is 57.1 Å². The van der Waals surface area contributed by atoms with E-state index < -0.39 is 16.1 Å². The molecule has 214 valence electrons. The fourth-order valence-corrected chi connectivity index (χ4v) is 6.32. The van der Waals surface area contributed by atoms with Crippen LogP contribution in [0, 0.1) is 0 Å². The van der Waals surface area contributed by atoms with Crippen molar-refractivity contribution in [3.8, 4) is 5.75 Å². The predicted octanol–water partition coefficient (Wildman–Crippen LogP) is 5.41. The predicted molar refractivity (Wildman–Crippen MR) is 156 cm³/mol. The molecule has 11 heteroatoms. The van der Waals surface area contributed by atoms with Crippen LogP contribution in [-0.2, 0) is 26.2 Å². The van der Waals surface area contributed by atoms with Crippen LogP contribution in [0.3, 0.4) is 0 Å². The van der Waals surface area contributed by atoms with Gasteiger partial charge in [-0.3, -0.25) is 13.9 Å². The first kappa shape index (κ1) is 31.0. The summed E-state index contributed by atoms with van der Waals surface area (Å²) in [6.45, 7) is 2.13. The van der Waals surface area contributed by atoms with E-state index in [1.165, 1.54) is 17.5 Å². The van der Waals surface area contributed by atoms with Gasteiger partial charge in [-0.25, -0.2) is 8.42 Å². The van der Waals surface area contributed by atoms with Gasteiger partial charge in [0.25, 0.3) is 0 Å². The average Bonchev–Trinajstić information content (AvgIpc) is 3.39. The Bertz CT molecular complexity index is 1250. The van der Waals surface area contributed by atoms with Crippen molar-refractivity contribution in [3.63, 3.8) is 0 Å². The largest absolute Gasteiger partial charge is 0.495 e. The second-order valence-electron chi connectivity index (χ2n) is 9.78. The van der Waals surface area contributed by atoms with Crippen molar-refractivity contribution in [1.29, 1.82) is 0 Å². The van der Waals surface area contributed by atoms with E-state index in [9.17, 15) is 18.0 Å². The number of carbonyl (C=O) groups excluding carboxylic acids is 2. The maximum atomic E-state index is 13.6. The number of methoxy groups -OCH3 is 1. The number of benzene rings is 2. The van der Waals surface area contributed by atoms with Crippen LogP contribution in [0.1, 0.15) is 57.4 Å². The summed E-state index contributed by atoms with van der Waals surface area (Å²) in [5.41, 5.74) is 1.12. The highest BCUT2D eigenvalue weighted by atomic mass is 35.5. The molecule has 0 aromatic heterocycles. The zero-order chi connectivity index (χ0) is 28.6. The molecule has 3 rings (SSSR count). The highest BCUT2D eigenvalue weighted by Gasteiger charge is 2.31. The second-order valence-corrected chi connectivity index (χ2v) is 12.5. The third-order valence-corrected chi connectivity index (χ3v) is 8.82. The van der Waals surface area contributed by atoms with Crippen molar-refractivity contribution in [1.82, 2.24) is 10.2 Å². The molecule has 1 N–H and O–H groups in total. The minimum Gasteiger partial charge on any atom is -0.495 e. The lowest BCUT2D eigenvalue weighted by Crippen LogP contribution is -2.51. The van der Waals surface area contributed by atoms with E-state index in [1.54, 1.807) is 23.1 Å². The summed E-state index contributed by atoms with van der Waals surface area (Å²) < 4.78 is 31.5. The number of hydrogen-bond acceptors (Lipinski definition) is 5. The summed E-state index contributed by atoms with van der Waals surface area (Å²) in [5.74, 6) is 0.0146. The molecule has 0 unspecified atom stereocenters. The maximum Gasteiger partial charge on any atom is 0.243 e. The molecule has 1 aliphatic rings. The van der Waals surface area contributed by atoms with Crippen molar-refractivity contribution in [3.05, 3.63) is 58.1 Å². The van der Waals surface area contributed by atoms with Crippen LogP contribution in [0.5, 0.6) is 5.75 Å². The van der Waals surface area contributed by atoms with E-state index >= 15 is 0 Å². The van der Waals surface area contributed by atoms with Crippen LogP contribution >= 0.6 is 23.2 Å². The summed E-state index contributed by atoms with van der Waals surface area (Å²) in [6.07, 6.45) is 5.89. The maximum absolute atomic E-state index is 13.6. The van der Waals surface area contributed by atoms with Gasteiger partial charge in [0, 0.05) is 30.6 Å². The molecule has 1 aliphatic carbocycles. The van der Waals surface area contributed by atoms with Crippen LogP contribution in [0.15, 0.2) is 42.5 Å². The number of sulfonamides is 1. The molecule has 1 atom stereocenters. The van der Waals surface area contributed by atoms with Crippen molar-refractivity contribution in [2.75, 3.05) is 24.2 Å². The number of carbonyl (C=O) groups is 2. The lowest BCUT2D eigenvalue weighted by atomic mass is 10.1. The Balaban J connectivity index is 1.77. The van der Waals surface area contributed by atoms with Gasteiger partial charge in [-0.05, 0) is 55.5 Å². The quantitative estimate of drug-likeness (QED) is 0.333. The van der Waals surface area contributed by atoms with Gasteiger partial charge in [0.05, 0.1) is 24.1 Å². The van der Waals surface area contributed by atoms with E-state index in [1.807, 2.05) is 25.1 Å². The van der Waals surface area contributed by atoms with Crippen molar-refractivity contribution < 1.29 is 22.7 Å². The molecule has 0 spiro atoms. The van der Waals surface area contributed by atoms with E-state index in [-0.39, 0.29) is 48.8 Å². The van der Waals surface area contributed by atoms with Gasteiger partial charge in [0.1, 0.15) is 11.8 Å². The molecule has 2 amide bonds. The normalized spacial score (nSPS) is 14.6. The van der Waals surface area contributed by atoms with E-state index in [2.05, 4.69) is 5.32 Å². The van der Waals surface area contributed by atoms with Crippen LogP contribution in [0.25, 0.3) is 0 Å². The SMILES string of the molecule is CC[C@@H](C(=O)NC1CCCC1)N(Cc1ccccc1Cl)C(=O)CCCN(c1ccc(OC)c(Cl)c1)S(C)(=O)=O. The second kappa shape index (κ2) is 14.2. The van der Waals surface area contributed by atoms with E-state index in [4.69, 9.17) is 27.9 Å². The van der Waals surface area contributed by atoms with Gasteiger partial charge in [-0.2, -0.15) is 0 Å². The topological polar surface area (TPSA) is 96.0 Å². The summed E-state index contributed by atoms with van der Waals surface area (Å²) >= 11 is 12.6. The summed E-state index contributed by atoms with van der Waals surface area (Å²) in [4.78, 5) is 28.5. The Morgan fingerprint density at radius 3 is 2.38 bits per heavy atom. The van der Waals surface area contributed by atoms with Crippen LogP contribution < -0.4 is 14.4 Å². The number of rotatable bonds is 13. The number of anilines is 1. The standard InChI is InChI=1S/C28H37Cl2N3O5S/c1-4-25(28(35)31-21-11-6-7-12-21)32(19-20-10-5-8-13-23(20)29)27(34)14-9-17-33(39(3,36)37)22-15-16-26(38-2)24(30)18-22/h5,8,10,13,15-16,18,21,25H,4,6-7,9,11-12,14,17,19H2,1-3H3,(H,31,35)/t25-/m0/s1. The lowest BCUT2D eigenvalue weighted by molar-refractivity contribution is -0.141. The van der Waals surface area contributed by atoms with Gasteiger partial charge in [0.15, 0.2) is 0 Å². The summed E-state index contributed by atoms with van der Waals surface area (Å²) in [7, 11) is -2.17. The first-order valence-electron chi connectivity index (χ1n) is 13.2. The molecule has 1 saturated carbocycles. The smallest absolute Gasteiger partial charge is 0.243 e. The van der Waals surface area contributed by atoms with Crippen molar-refractivity contribution in [2.24, 2.45) is 0 Å². The number of ether oxygens (including phenoxy) is 1. The molecule has 0 bridgehead atoms. The molecular formula is C28H37Cl2N3O5S. The number of halogens is 2. The molecule has 1 fully saturated rings. The number of nitrogens with zero attached hydrogens (tertiary/aromatic N) is 2. The first-order valence-corrected chi connectivity index (χ1v) is 15.8. The van der Waals surface area contributed by atoms with Gasteiger partial charge in [-0.1, -0.05) is 61.2 Å². The molecular weight excluding hydrogens is 561 g/mol. The Kier molecular flexibility index (Phi) is 11.3. The Morgan fingerprint density at radius 2 is 1.79 bits per heavy atom. The van der Waals surface area contributed by atoms with E-state index in [0.717, 1.165) is 37.5 Å². The Labute approximate surface area is 241 Å². The average molecular weight is 599 g/mol. The Morgan fingerprint density at radius 1 is 1.10 bits per heavy atom. The van der Waals surface area contributed by atoms with Crippen LogP contribution in [0.4, 0.5) is 5.69 Å². The van der Waals surface area contributed by atoms with Crippen molar-refractivity contribution in [2.45, 2.75) is 70.5 Å². The molecule has 2 aromatic rings. The zero-order valence-corrected chi connectivity index (χ0v) is 25.0. The van der Waals surface area contributed by atoms with E-state index in [0.29, 0.717) is 22.9 Å². The Hall–Kier alpha value is -2.49. The third kappa shape index (κ3) is 8.50. The number of nitrogens with one attached hydrogen (secondary N) is 1. The molecule has 0 aliphatic heterocycles. The van der Waals surface area contributed by atoms with Gasteiger partial charge in [-0.15, -0.1) is 0 Å². The molecule has 2 aromatic carbocycles. The molecule has 8 nitrogen and oxygen atoms in total. The minimum absolute atomic E-state index is 0.0492. The molecule has 0 saturated heterocycles. The summed E-state index contributed by atoms with van der Waals surface area (Å²) in [5, 5.41) is 3.92. The number of hydrogen-bond donors (Lipinski definition) is 1. The third-order valence-electron chi connectivity index (χ3n) is 6.96. The molecule has 0 radical (unpaired) electrons. The highest BCUT2D eigenvalue weighted by molar-refractivity contribution is 7.92.